The van der Waals surface area contributed by atoms with Crippen LogP contribution < -0.4 is 0 Å². The number of hydrogen-bond acceptors (Lipinski definition) is 4. The van der Waals surface area contributed by atoms with Crippen LogP contribution >= 0.6 is 22.7 Å². The second kappa shape index (κ2) is 11.1. The van der Waals surface area contributed by atoms with Crippen molar-refractivity contribution >= 4 is 69.3 Å². The second-order valence-corrected chi connectivity index (χ2v) is 14.6. The number of rotatable bonds is 4. The topological polar surface area (TPSA) is 25.8 Å². The Bertz CT molecular complexity index is 2710. The van der Waals surface area contributed by atoms with Gasteiger partial charge in [0.05, 0.1) is 11.4 Å². The molecule has 1 aliphatic carbocycles. The molecule has 0 bridgehead atoms. The summed E-state index contributed by atoms with van der Waals surface area (Å²) < 4.78 is 3.96. The summed E-state index contributed by atoms with van der Waals surface area (Å²) in [4.78, 5) is 11.3. The molecule has 0 N–H and O–H groups in total. The van der Waals surface area contributed by atoms with Gasteiger partial charge in [-0.1, -0.05) is 97.1 Å². The molecule has 1 aliphatic rings. The fourth-order valence-corrected chi connectivity index (χ4v) is 9.77. The number of allylic oxidation sites excluding steroid dienone is 1. The third-order valence-corrected chi connectivity index (χ3v) is 12.1. The Morgan fingerprint density at radius 2 is 1.15 bits per heavy atom. The van der Waals surface area contributed by atoms with E-state index in [0.29, 0.717) is 0 Å². The molecule has 0 unspecified atom stereocenters. The first kappa shape index (κ1) is 27.7. The van der Waals surface area contributed by atoms with Gasteiger partial charge in [-0.2, -0.15) is 0 Å². The Labute approximate surface area is 286 Å². The molecular weight excluding hydrogens is 621 g/mol. The predicted molar refractivity (Wildman–Crippen MR) is 206 cm³/mol. The van der Waals surface area contributed by atoms with Crippen LogP contribution in [-0.2, 0) is 6.42 Å². The van der Waals surface area contributed by atoms with Crippen LogP contribution in [0.4, 0.5) is 0 Å². The van der Waals surface area contributed by atoms with E-state index in [4.69, 9.17) is 9.97 Å². The summed E-state index contributed by atoms with van der Waals surface area (Å²) in [5.74, 6) is 0. The number of pyridine rings is 2. The van der Waals surface area contributed by atoms with Gasteiger partial charge in [0.25, 0.3) is 0 Å². The van der Waals surface area contributed by atoms with E-state index in [1.165, 1.54) is 68.2 Å². The summed E-state index contributed by atoms with van der Waals surface area (Å²) >= 11 is 3.74. The van der Waals surface area contributed by atoms with Crippen LogP contribution in [-0.4, -0.2) is 9.97 Å². The summed E-state index contributed by atoms with van der Waals surface area (Å²) in [6.45, 7) is 0. The minimum absolute atomic E-state index is 1.00. The Balaban J connectivity index is 0.948. The van der Waals surface area contributed by atoms with Gasteiger partial charge in [-0.15, -0.1) is 22.7 Å². The van der Waals surface area contributed by atoms with Crippen molar-refractivity contribution in [3.8, 4) is 33.5 Å². The molecule has 0 spiro atoms. The maximum Gasteiger partial charge on any atom is 0.0716 e. The number of thiophene rings is 2. The largest absolute Gasteiger partial charge is 0.256 e. The average molecular weight is 649 g/mol. The first-order valence-electron chi connectivity index (χ1n) is 16.4. The van der Waals surface area contributed by atoms with Gasteiger partial charge in [-0.3, -0.25) is 9.97 Å². The second-order valence-electron chi connectivity index (χ2n) is 12.5. The molecule has 0 amide bonds. The van der Waals surface area contributed by atoms with E-state index >= 15 is 0 Å². The van der Waals surface area contributed by atoms with Gasteiger partial charge in [0.2, 0.25) is 0 Å². The maximum absolute atomic E-state index is 4.99. The van der Waals surface area contributed by atoms with Crippen LogP contribution in [0.1, 0.15) is 22.6 Å². The number of fused-ring (bicyclic) bond motifs is 7. The highest BCUT2D eigenvalue weighted by molar-refractivity contribution is 7.26. The minimum Gasteiger partial charge on any atom is -0.256 e. The molecule has 10 rings (SSSR count). The van der Waals surface area contributed by atoms with Crippen LogP contribution in [0.3, 0.4) is 0 Å². The molecule has 0 radical (unpaired) electrons. The van der Waals surface area contributed by atoms with E-state index in [2.05, 4.69) is 133 Å². The maximum atomic E-state index is 4.99. The van der Waals surface area contributed by atoms with E-state index in [9.17, 15) is 0 Å². The quantitative estimate of drug-likeness (QED) is 0.190. The monoisotopic (exact) mass is 648 g/mol. The molecular formula is C44H28N2S2. The van der Waals surface area contributed by atoms with Crippen LogP contribution in [0, 0.1) is 0 Å². The standard InChI is InChI=1S/C44H28N2S2/c1-3-13-41-33(7-1)35-9-5-11-37(43(35)47-41)39-21-19-30(25-45-39)28-17-15-27-16-18-29(24-32(27)23-28)31-20-22-40(46-26-31)38-12-6-10-36-34-8-2-4-14-42(34)48-44(36)38/h1-5,7-9,11-26H,6,10H2. The molecule has 0 saturated carbocycles. The van der Waals surface area contributed by atoms with Gasteiger partial charge in [0.1, 0.15) is 0 Å². The molecule has 4 aromatic heterocycles. The zero-order valence-corrected chi connectivity index (χ0v) is 27.6. The number of hydrogen-bond donors (Lipinski definition) is 0. The Morgan fingerprint density at radius 1 is 0.500 bits per heavy atom. The van der Waals surface area contributed by atoms with E-state index in [-0.39, 0.29) is 0 Å². The highest BCUT2D eigenvalue weighted by Gasteiger charge is 2.20. The lowest BCUT2D eigenvalue weighted by Gasteiger charge is -2.14. The molecule has 9 aromatic rings. The Kier molecular flexibility index (Phi) is 6.39. The zero-order chi connectivity index (χ0) is 31.6. The highest BCUT2D eigenvalue weighted by atomic mass is 32.1. The molecule has 48 heavy (non-hydrogen) atoms. The van der Waals surface area contributed by atoms with Crippen molar-refractivity contribution in [3.63, 3.8) is 0 Å². The molecule has 226 valence electrons. The van der Waals surface area contributed by atoms with Crippen LogP contribution in [0.5, 0.6) is 0 Å². The van der Waals surface area contributed by atoms with Crippen LogP contribution in [0.25, 0.3) is 80.1 Å². The van der Waals surface area contributed by atoms with E-state index in [1.54, 1.807) is 0 Å². The molecule has 4 heterocycles. The normalized spacial score (nSPS) is 13.0. The lowest BCUT2D eigenvalue weighted by Crippen LogP contribution is -1.99. The Morgan fingerprint density at radius 3 is 1.88 bits per heavy atom. The average Bonchev–Trinajstić information content (AvgIpc) is 3.73. The van der Waals surface area contributed by atoms with E-state index in [1.807, 2.05) is 35.1 Å². The third kappa shape index (κ3) is 4.52. The summed E-state index contributed by atoms with van der Waals surface area (Å²) in [5.41, 5.74) is 10.6. The number of benzene rings is 5. The number of aromatic nitrogens is 2. The van der Waals surface area contributed by atoms with Gasteiger partial charge in [-0.25, -0.2) is 0 Å². The minimum atomic E-state index is 1.00. The third-order valence-electron chi connectivity index (χ3n) is 9.68. The molecule has 0 aliphatic heterocycles. The number of nitrogens with zero attached hydrogens (tertiary/aromatic N) is 2. The zero-order valence-electron chi connectivity index (χ0n) is 26.0. The van der Waals surface area contributed by atoms with Crippen LogP contribution in [0.15, 0.2) is 146 Å². The smallest absolute Gasteiger partial charge is 0.0716 e. The fraction of sp³-hybridized carbons (Fsp3) is 0.0455. The van der Waals surface area contributed by atoms with Crippen molar-refractivity contribution in [1.82, 2.24) is 9.97 Å². The molecule has 2 nitrogen and oxygen atoms in total. The Hall–Kier alpha value is -5.42. The van der Waals surface area contributed by atoms with Gasteiger partial charge in [-0.05, 0) is 82.1 Å². The SMILES string of the molecule is C1=C(c2ccc(-c3ccc4ccc(-c5ccc(-c6cccc7c6sc6ccccc67)nc5)cc4c3)cn2)c2sc3ccccc3c2CC1. The van der Waals surface area contributed by atoms with Crippen LogP contribution in [0.2, 0.25) is 0 Å². The van der Waals surface area contributed by atoms with Crippen molar-refractivity contribution in [2.75, 3.05) is 0 Å². The first-order chi connectivity index (χ1) is 23.8. The summed E-state index contributed by atoms with van der Waals surface area (Å²) in [5, 5.41) is 6.43. The number of aryl methyl sites for hydroxylation is 1. The summed E-state index contributed by atoms with van der Waals surface area (Å²) in [6.07, 6.45) is 8.56. The van der Waals surface area contributed by atoms with Crippen molar-refractivity contribution in [1.29, 1.82) is 0 Å². The first-order valence-corrected chi connectivity index (χ1v) is 18.0. The highest BCUT2D eigenvalue weighted by Crippen LogP contribution is 2.42. The van der Waals surface area contributed by atoms with Gasteiger partial charge in [0, 0.05) is 64.4 Å². The van der Waals surface area contributed by atoms with Crippen molar-refractivity contribution < 1.29 is 0 Å². The molecule has 0 fully saturated rings. The molecule has 5 aromatic carbocycles. The van der Waals surface area contributed by atoms with Crippen molar-refractivity contribution in [2.24, 2.45) is 0 Å². The lowest BCUT2D eigenvalue weighted by molar-refractivity contribution is 0.995. The van der Waals surface area contributed by atoms with E-state index < -0.39 is 0 Å². The van der Waals surface area contributed by atoms with Crippen molar-refractivity contribution in [2.45, 2.75) is 12.8 Å². The van der Waals surface area contributed by atoms with E-state index in [0.717, 1.165) is 40.9 Å². The molecule has 4 heteroatoms. The summed E-state index contributed by atoms with van der Waals surface area (Å²) in [6, 6.07) is 46.1. The predicted octanol–water partition coefficient (Wildman–Crippen LogP) is 12.6. The summed E-state index contributed by atoms with van der Waals surface area (Å²) in [7, 11) is 0. The molecule has 0 atom stereocenters. The molecule has 0 saturated heterocycles. The fourth-order valence-electron chi connectivity index (χ4n) is 7.24. The lowest BCUT2D eigenvalue weighted by atomic mass is 9.93. The van der Waals surface area contributed by atoms with Gasteiger partial charge in [0.15, 0.2) is 0 Å². The van der Waals surface area contributed by atoms with Crippen molar-refractivity contribution in [3.05, 3.63) is 162 Å². The van der Waals surface area contributed by atoms with Gasteiger partial charge >= 0.3 is 0 Å². The van der Waals surface area contributed by atoms with Gasteiger partial charge < -0.3 is 0 Å².